The van der Waals surface area contributed by atoms with Gasteiger partial charge in [-0.2, -0.15) is 4.31 Å². The minimum atomic E-state index is -4.82. The Labute approximate surface area is 61.5 Å². The molecule has 0 aromatic carbocycles. The van der Waals surface area contributed by atoms with Crippen LogP contribution in [-0.4, -0.2) is 27.1 Å². The van der Waals surface area contributed by atoms with E-state index >= 15 is 0 Å². The average molecular weight is 190 g/mol. The molecule has 0 heterocycles. The summed E-state index contributed by atoms with van der Waals surface area (Å²) in [6.45, 7) is 0. The molecule has 0 saturated heterocycles. The molecule has 54 valence electrons. The number of rotatable bonds is 2. The summed E-state index contributed by atoms with van der Waals surface area (Å²) in [6, 6.07) is 0. The zero-order chi connectivity index (χ0) is 6.78. The molecule has 0 atom stereocenters. The fourth-order valence-electron chi connectivity index (χ4n) is 0.0868. The van der Waals surface area contributed by atoms with Crippen LogP contribution in [0.15, 0.2) is 0 Å². The second-order valence-corrected chi connectivity index (χ2v) is 2.88. The highest BCUT2D eigenvalue weighted by Crippen LogP contribution is 2.42. The van der Waals surface area contributed by atoms with E-state index in [0.717, 1.165) is 0 Å². The van der Waals surface area contributed by atoms with E-state index in [1.165, 1.54) is 0 Å². The second kappa shape index (κ2) is 4.37. The van der Waals surface area contributed by atoms with Crippen LogP contribution in [0.1, 0.15) is 0 Å². The molecule has 0 radical (unpaired) electrons. The predicted octanol–water partition coefficient (Wildman–Crippen LogP) is -1.00. The molecule has 9 heteroatoms. The molecular formula is H5AlO6P2. The van der Waals surface area contributed by atoms with Gasteiger partial charge in [0.05, 0.1) is 0 Å². The van der Waals surface area contributed by atoms with Gasteiger partial charge in [0.2, 0.25) is 0 Å². The highest BCUT2D eigenvalue weighted by atomic mass is 31.2. The normalized spacial score (nSPS) is 10.0. The summed E-state index contributed by atoms with van der Waals surface area (Å²) in [5.74, 6) is 0. The van der Waals surface area contributed by atoms with E-state index in [9.17, 15) is 13.7 Å². The Bertz CT molecular complexity index is 165. The summed E-state index contributed by atoms with van der Waals surface area (Å²) >= 11 is 0. The monoisotopic (exact) mass is 190 g/mol. The molecule has 0 spiro atoms. The lowest BCUT2D eigenvalue weighted by Gasteiger charge is -1.91. The van der Waals surface area contributed by atoms with Gasteiger partial charge in [0.1, 0.15) is 0 Å². The third kappa shape index (κ3) is 11.9. The topological polar surface area (TPSA) is 101 Å². The molecule has 0 fully saturated rings. The molecule has 0 aliphatic rings. The smallest absolute Gasteiger partial charge is 0.302 e. The largest absolute Gasteiger partial charge is 0.481 e. The SMILES string of the molecule is O=P(=O)OP(=O)(O)O.[AlH3]. The Morgan fingerprint density at radius 1 is 1.33 bits per heavy atom. The number of phosphoric acid groups is 1. The second-order valence-electron chi connectivity index (χ2n) is 0.796. The van der Waals surface area contributed by atoms with E-state index in [0.29, 0.717) is 0 Å². The fraction of sp³-hybridized carbons (Fsp3) is 0. The van der Waals surface area contributed by atoms with Gasteiger partial charge in [-0.25, -0.2) is 13.7 Å². The number of hydrogen-bond donors (Lipinski definition) is 2. The van der Waals surface area contributed by atoms with Gasteiger partial charge in [-0.3, -0.25) is 0 Å². The van der Waals surface area contributed by atoms with Gasteiger partial charge in [0.15, 0.2) is 17.4 Å². The van der Waals surface area contributed by atoms with Gasteiger partial charge in [-0.1, -0.05) is 0 Å². The summed E-state index contributed by atoms with van der Waals surface area (Å²) in [5, 5.41) is 0. The van der Waals surface area contributed by atoms with Crippen molar-refractivity contribution in [1.82, 2.24) is 0 Å². The van der Waals surface area contributed by atoms with E-state index in [1.54, 1.807) is 0 Å². The zero-order valence-corrected chi connectivity index (χ0v) is 5.21. The summed E-state index contributed by atoms with van der Waals surface area (Å²) in [7, 11) is -8.27. The Morgan fingerprint density at radius 2 is 1.67 bits per heavy atom. The van der Waals surface area contributed by atoms with Crippen LogP contribution in [0.25, 0.3) is 0 Å². The van der Waals surface area contributed by atoms with Gasteiger partial charge in [-0.05, 0) is 0 Å². The van der Waals surface area contributed by atoms with Crippen LogP contribution in [0.3, 0.4) is 0 Å². The van der Waals surface area contributed by atoms with E-state index in [2.05, 4.69) is 4.31 Å². The standard InChI is InChI=1S/Al.H2O6P2.3H/c;1-7(2)6-8(3,4)5;;;/h;(H2,3,4,5);;;. The number of hydrogen-bond acceptors (Lipinski definition) is 4. The minimum absolute atomic E-state index is 0. The summed E-state index contributed by atoms with van der Waals surface area (Å²) in [6.07, 6.45) is 0. The Balaban J connectivity index is 0. The summed E-state index contributed by atoms with van der Waals surface area (Å²) in [4.78, 5) is 15.4. The van der Waals surface area contributed by atoms with Gasteiger partial charge >= 0.3 is 15.7 Å². The molecule has 0 aliphatic heterocycles. The molecular weight excluding hydrogens is 185 g/mol. The molecule has 0 rings (SSSR count). The van der Waals surface area contributed by atoms with Crippen molar-refractivity contribution in [2.75, 3.05) is 0 Å². The molecule has 2 N–H and O–H groups in total. The minimum Gasteiger partial charge on any atom is -0.302 e. The lowest BCUT2D eigenvalue weighted by Crippen LogP contribution is -1.72. The Hall–Kier alpha value is 0.542. The van der Waals surface area contributed by atoms with Crippen LogP contribution in [-0.2, 0) is 18.0 Å². The maximum atomic E-state index is 9.53. The summed E-state index contributed by atoms with van der Waals surface area (Å²) in [5.41, 5.74) is 0. The van der Waals surface area contributed by atoms with Crippen molar-refractivity contribution in [2.45, 2.75) is 0 Å². The first-order chi connectivity index (χ1) is 3.42. The molecule has 9 heavy (non-hydrogen) atoms. The van der Waals surface area contributed by atoms with Gasteiger partial charge in [0.25, 0.3) is 0 Å². The van der Waals surface area contributed by atoms with Crippen molar-refractivity contribution in [2.24, 2.45) is 0 Å². The van der Waals surface area contributed by atoms with Crippen LogP contribution in [0.4, 0.5) is 0 Å². The quantitative estimate of drug-likeness (QED) is 0.427. The first-order valence-corrected chi connectivity index (χ1v) is 3.94. The Kier molecular flexibility index (Phi) is 5.95. The fourth-order valence-corrected chi connectivity index (χ4v) is 0.782. The summed E-state index contributed by atoms with van der Waals surface area (Å²) < 4.78 is 31.3. The molecule has 0 aliphatic carbocycles. The van der Waals surface area contributed by atoms with E-state index in [1.807, 2.05) is 0 Å². The van der Waals surface area contributed by atoms with E-state index in [-0.39, 0.29) is 17.4 Å². The van der Waals surface area contributed by atoms with E-state index in [4.69, 9.17) is 9.79 Å². The Morgan fingerprint density at radius 3 is 1.67 bits per heavy atom. The lowest BCUT2D eigenvalue weighted by molar-refractivity contribution is 0.281. The lowest BCUT2D eigenvalue weighted by atomic mass is 15.7. The van der Waals surface area contributed by atoms with Gasteiger partial charge in [-0.15, -0.1) is 0 Å². The molecule has 0 unspecified atom stereocenters. The van der Waals surface area contributed by atoms with E-state index < -0.39 is 15.7 Å². The first kappa shape index (κ1) is 12.2. The molecule has 0 saturated carbocycles. The van der Waals surface area contributed by atoms with Crippen LogP contribution in [0, 0.1) is 0 Å². The molecule has 6 nitrogen and oxygen atoms in total. The van der Waals surface area contributed by atoms with Crippen LogP contribution in [0.5, 0.6) is 0 Å². The average Bonchev–Trinajstić information content (AvgIpc) is 1.21. The van der Waals surface area contributed by atoms with Gasteiger partial charge in [0, 0.05) is 0 Å². The third-order valence-corrected chi connectivity index (χ3v) is 1.56. The maximum absolute atomic E-state index is 9.53. The van der Waals surface area contributed by atoms with Crippen molar-refractivity contribution < 1.29 is 27.8 Å². The van der Waals surface area contributed by atoms with Crippen molar-refractivity contribution >= 4 is 33.1 Å². The third-order valence-electron chi connectivity index (χ3n) is 0.173. The van der Waals surface area contributed by atoms with Crippen LogP contribution in [0.2, 0.25) is 0 Å². The van der Waals surface area contributed by atoms with Crippen LogP contribution < -0.4 is 0 Å². The first-order valence-electron chi connectivity index (χ1n) is 1.31. The van der Waals surface area contributed by atoms with Crippen LogP contribution >= 0.6 is 15.7 Å². The molecule has 0 bridgehead atoms. The van der Waals surface area contributed by atoms with Crippen molar-refractivity contribution in [3.8, 4) is 0 Å². The van der Waals surface area contributed by atoms with Crippen molar-refractivity contribution in [3.05, 3.63) is 0 Å². The highest BCUT2D eigenvalue weighted by Gasteiger charge is 2.16. The molecule has 0 aromatic heterocycles. The van der Waals surface area contributed by atoms with Crippen molar-refractivity contribution in [1.29, 1.82) is 0 Å². The van der Waals surface area contributed by atoms with Crippen molar-refractivity contribution in [3.63, 3.8) is 0 Å². The maximum Gasteiger partial charge on any atom is 0.481 e. The highest BCUT2D eigenvalue weighted by molar-refractivity contribution is 7.53. The predicted molar refractivity (Wildman–Crippen MR) is 31.4 cm³/mol. The molecule has 0 aromatic rings. The zero-order valence-electron chi connectivity index (χ0n) is 3.42. The molecule has 0 amide bonds. The van der Waals surface area contributed by atoms with Gasteiger partial charge < -0.3 is 9.79 Å².